The summed E-state index contributed by atoms with van der Waals surface area (Å²) >= 11 is 5.86. The maximum atomic E-state index is 12.5. The van der Waals surface area contributed by atoms with Gasteiger partial charge in [-0.2, -0.15) is 0 Å². The molecule has 0 fully saturated rings. The number of ether oxygens (including phenoxy) is 2. The standard InChI is InChI=1S/C23H23ClN2O3/c1-26(15-16-28-21-13-11-19(24)12-14-21)23(27)25-22-10-6-5-7-18(22)17-29-20-8-3-2-4-9-20/h2-14H,15-17H2,1H3,(H,25,27). The predicted molar refractivity (Wildman–Crippen MR) is 116 cm³/mol. The van der Waals surface area contributed by atoms with E-state index in [0.29, 0.717) is 30.5 Å². The molecule has 0 spiro atoms. The summed E-state index contributed by atoms with van der Waals surface area (Å²) in [5.41, 5.74) is 1.62. The minimum atomic E-state index is -0.211. The van der Waals surface area contributed by atoms with Gasteiger partial charge < -0.3 is 19.7 Å². The largest absolute Gasteiger partial charge is 0.492 e. The van der Waals surface area contributed by atoms with Gasteiger partial charge in [0.2, 0.25) is 0 Å². The van der Waals surface area contributed by atoms with Gasteiger partial charge in [-0.15, -0.1) is 0 Å². The zero-order valence-electron chi connectivity index (χ0n) is 16.2. The highest BCUT2D eigenvalue weighted by molar-refractivity contribution is 6.30. The van der Waals surface area contributed by atoms with E-state index in [-0.39, 0.29) is 6.03 Å². The maximum absolute atomic E-state index is 12.5. The van der Waals surface area contributed by atoms with E-state index in [1.807, 2.05) is 54.6 Å². The first-order valence-electron chi connectivity index (χ1n) is 9.28. The number of nitrogens with zero attached hydrogens (tertiary/aromatic N) is 1. The summed E-state index contributed by atoms with van der Waals surface area (Å²) in [7, 11) is 1.73. The summed E-state index contributed by atoms with van der Waals surface area (Å²) in [5.74, 6) is 1.50. The Bertz CT molecular complexity index is 917. The van der Waals surface area contributed by atoms with Gasteiger partial charge in [-0.1, -0.05) is 48.0 Å². The van der Waals surface area contributed by atoms with Crippen molar-refractivity contribution in [3.05, 3.63) is 89.4 Å². The molecule has 0 aromatic heterocycles. The molecule has 0 aliphatic heterocycles. The van der Waals surface area contributed by atoms with Crippen molar-refractivity contribution in [3.63, 3.8) is 0 Å². The topological polar surface area (TPSA) is 50.8 Å². The Hall–Kier alpha value is -3.18. The van der Waals surface area contributed by atoms with Crippen molar-refractivity contribution in [1.29, 1.82) is 0 Å². The van der Waals surface area contributed by atoms with Crippen molar-refractivity contribution in [1.82, 2.24) is 4.90 Å². The quantitative estimate of drug-likeness (QED) is 0.536. The van der Waals surface area contributed by atoms with Crippen molar-refractivity contribution in [3.8, 4) is 11.5 Å². The molecule has 3 aromatic carbocycles. The number of halogens is 1. The highest BCUT2D eigenvalue weighted by Gasteiger charge is 2.11. The fraction of sp³-hybridized carbons (Fsp3) is 0.174. The first kappa shape index (κ1) is 20.6. The molecule has 5 nitrogen and oxygen atoms in total. The van der Waals surface area contributed by atoms with Gasteiger partial charge in [-0.05, 0) is 42.5 Å². The monoisotopic (exact) mass is 410 g/mol. The lowest BCUT2D eigenvalue weighted by molar-refractivity contribution is 0.207. The number of urea groups is 1. The molecule has 3 aromatic rings. The lowest BCUT2D eigenvalue weighted by Gasteiger charge is -2.19. The van der Waals surface area contributed by atoms with Crippen LogP contribution >= 0.6 is 11.6 Å². The molecule has 3 rings (SSSR count). The first-order chi connectivity index (χ1) is 14.1. The second-order valence-electron chi connectivity index (χ2n) is 6.41. The SMILES string of the molecule is CN(CCOc1ccc(Cl)cc1)C(=O)Nc1ccccc1COc1ccccc1. The van der Waals surface area contributed by atoms with Crippen molar-refractivity contribution in [2.75, 3.05) is 25.5 Å². The fourth-order valence-electron chi connectivity index (χ4n) is 2.59. The molecule has 0 atom stereocenters. The van der Waals surface area contributed by atoms with Crippen LogP contribution in [0.25, 0.3) is 0 Å². The number of carbonyl (C=O) groups excluding carboxylic acids is 1. The minimum Gasteiger partial charge on any atom is -0.492 e. The Labute approximate surface area is 175 Å². The number of carbonyl (C=O) groups is 1. The number of hydrogen-bond acceptors (Lipinski definition) is 3. The van der Waals surface area contributed by atoms with Gasteiger partial charge >= 0.3 is 6.03 Å². The summed E-state index contributed by atoms with van der Waals surface area (Å²) in [4.78, 5) is 14.1. The normalized spacial score (nSPS) is 10.3. The van der Waals surface area contributed by atoms with Gasteiger partial charge in [-0.25, -0.2) is 4.79 Å². The average Bonchev–Trinajstić information content (AvgIpc) is 2.75. The Balaban J connectivity index is 1.50. The van der Waals surface area contributed by atoms with Crippen LogP contribution in [0.5, 0.6) is 11.5 Å². The fourth-order valence-corrected chi connectivity index (χ4v) is 2.72. The number of nitrogens with one attached hydrogen (secondary N) is 1. The van der Waals surface area contributed by atoms with Gasteiger partial charge in [0.1, 0.15) is 24.7 Å². The van der Waals surface area contributed by atoms with E-state index in [0.717, 1.165) is 17.0 Å². The molecular formula is C23H23ClN2O3. The number of amides is 2. The molecule has 0 saturated heterocycles. The molecule has 0 radical (unpaired) electrons. The Morgan fingerprint density at radius 3 is 2.31 bits per heavy atom. The third-order valence-electron chi connectivity index (χ3n) is 4.25. The summed E-state index contributed by atoms with van der Waals surface area (Å²) in [6.07, 6.45) is 0. The molecule has 2 amide bonds. The van der Waals surface area contributed by atoms with Crippen LogP contribution in [0.15, 0.2) is 78.9 Å². The molecule has 0 bridgehead atoms. The molecule has 150 valence electrons. The van der Waals surface area contributed by atoms with E-state index >= 15 is 0 Å². The Kier molecular flexibility index (Phi) is 7.36. The van der Waals surface area contributed by atoms with E-state index in [9.17, 15) is 4.79 Å². The molecule has 1 N–H and O–H groups in total. The van der Waals surface area contributed by atoms with E-state index in [1.165, 1.54) is 0 Å². The number of benzene rings is 3. The molecule has 0 saturated carbocycles. The number of para-hydroxylation sites is 2. The van der Waals surface area contributed by atoms with E-state index < -0.39 is 0 Å². The molecule has 0 unspecified atom stereocenters. The average molecular weight is 411 g/mol. The molecule has 0 aliphatic rings. The highest BCUT2D eigenvalue weighted by Crippen LogP contribution is 2.19. The van der Waals surface area contributed by atoms with Crippen LogP contribution < -0.4 is 14.8 Å². The van der Waals surface area contributed by atoms with Gasteiger partial charge in [0.05, 0.1) is 6.54 Å². The van der Waals surface area contributed by atoms with Crippen LogP contribution in [0.4, 0.5) is 10.5 Å². The van der Waals surface area contributed by atoms with Gasteiger partial charge in [0.15, 0.2) is 0 Å². The molecule has 29 heavy (non-hydrogen) atoms. The Morgan fingerprint density at radius 1 is 0.897 bits per heavy atom. The van der Waals surface area contributed by atoms with Crippen molar-refractivity contribution >= 4 is 23.3 Å². The van der Waals surface area contributed by atoms with Crippen molar-refractivity contribution in [2.24, 2.45) is 0 Å². The van der Waals surface area contributed by atoms with Crippen LogP contribution in [0, 0.1) is 0 Å². The van der Waals surface area contributed by atoms with Gasteiger partial charge in [-0.3, -0.25) is 0 Å². The molecule has 6 heteroatoms. The smallest absolute Gasteiger partial charge is 0.321 e. The van der Waals surface area contributed by atoms with E-state index in [4.69, 9.17) is 21.1 Å². The van der Waals surface area contributed by atoms with Crippen LogP contribution in [0.2, 0.25) is 5.02 Å². The molecule has 0 heterocycles. The minimum absolute atomic E-state index is 0.211. The zero-order chi connectivity index (χ0) is 20.5. The number of anilines is 1. The highest BCUT2D eigenvalue weighted by atomic mass is 35.5. The van der Waals surface area contributed by atoms with Crippen LogP contribution in [0.1, 0.15) is 5.56 Å². The summed E-state index contributed by atoms with van der Waals surface area (Å²) in [6.45, 7) is 1.19. The lowest BCUT2D eigenvalue weighted by Crippen LogP contribution is -2.34. The third-order valence-corrected chi connectivity index (χ3v) is 4.50. The van der Waals surface area contributed by atoms with Crippen molar-refractivity contribution < 1.29 is 14.3 Å². The van der Waals surface area contributed by atoms with Crippen molar-refractivity contribution in [2.45, 2.75) is 6.61 Å². The molecular weight excluding hydrogens is 388 g/mol. The lowest BCUT2D eigenvalue weighted by atomic mass is 10.2. The first-order valence-corrected chi connectivity index (χ1v) is 9.66. The number of hydrogen-bond donors (Lipinski definition) is 1. The van der Waals surface area contributed by atoms with Gasteiger partial charge in [0.25, 0.3) is 0 Å². The summed E-state index contributed by atoms with van der Waals surface area (Å²) < 4.78 is 11.4. The van der Waals surface area contributed by atoms with Gasteiger partial charge in [0, 0.05) is 23.3 Å². The van der Waals surface area contributed by atoms with Crippen LogP contribution in [-0.4, -0.2) is 31.1 Å². The van der Waals surface area contributed by atoms with E-state index in [1.54, 1.807) is 36.2 Å². The van der Waals surface area contributed by atoms with Crippen LogP contribution in [-0.2, 0) is 6.61 Å². The number of likely N-dealkylation sites (N-methyl/N-ethyl adjacent to an activating group) is 1. The molecule has 0 aliphatic carbocycles. The van der Waals surface area contributed by atoms with Crippen LogP contribution in [0.3, 0.4) is 0 Å². The summed E-state index contributed by atoms with van der Waals surface area (Å²) in [6, 6.07) is 24.1. The maximum Gasteiger partial charge on any atom is 0.321 e. The zero-order valence-corrected chi connectivity index (χ0v) is 16.9. The predicted octanol–water partition coefficient (Wildman–Crippen LogP) is 5.46. The third kappa shape index (κ3) is 6.43. The Morgan fingerprint density at radius 2 is 1.55 bits per heavy atom. The second-order valence-corrected chi connectivity index (χ2v) is 6.85. The van der Waals surface area contributed by atoms with E-state index in [2.05, 4.69) is 5.32 Å². The second kappa shape index (κ2) is 10.4. The summed E-state index contributed by atoms with van der Waals surface area (Å²) in [5, 5.41) is 3.59. The number of rotatable bonds is 8.